The number of rotatable bonds is 3. The number of nitrogens with one attached hydrogen (secondary N) is 2. The lowest BCUT2D eigenvalue weighted by Gasteiger charge is -2.32. The SMILES string of the molecule is C=C1CC(=O)N[C@@H](C)C(=O)N(C)C(C(C)C)C(=O)NCC(=O)OC(/C(C)=C/C(C)=C(C)C)[C@@H]1C. The number of hydrogen-bond acceptors (Lipinski definition) is 5. The molecule has 2 N–H and O–H groups in total. The molecule has 0 aromatic heterocycles. The van der Waals surface area contributed by atoms with Gasteiger partial charge in [-0.25, -0.2) is 0 Å². The molecule has 0 aromatic rings. The zero-order chi connectivity index (χ0) is 26.3. The first-order chi connectivity index (χ1) is 15.7. The molecule has 0 aliphatic carbocycles. The lowest BCUT2D eigenvalue weighted by atomic mass is 9.88. The van der Waals surface area contributed by atoms with E-state index in [2.05, 4.69) is 17.2 Å². The van der Waals surface area contributed by atoms with Gasteiger partial charge in [-0.2, -0.15) is 0 Å². The quantitative estimate of drug-likeness (QED) is 0.371. The van der Waals surface area contributed by atoms with Crippen molar-refractivity contribution in [1.82, 2.24) is 15.5 Å². The molecule has 1 aliphatic heterocycles. The van der Waals surface area contributed by atoms with Crippen molar-refractivity contribution in [2.45, 2.75) is 80.0 Å². The Labute approximate surface area is 203 Å². The standard InChI is InChI=1S/C26H41N3O5/c1-14(2)16(5)11-18(7)24-19(8)17(6)12-21(30)28-20(9)26(33)29(10)23(15(3)4)25(32)27-13-22(31)34-24/h11,15,19-20,23-24H,6,12-13H2,1-5,7-10H3,(H,27,32)(H,28,30)/b18-11+/t19-,20+,23?,24?/m1/s1. The Balaban J connectivity index is 3.39. The molecule has 1 rings (SSSR count). The monoisotopic (exact) mass is 475 g/mol. The van der Waals surface area contributed by atoms with E-state index < -0.39 is 36.0 Å². The third kappa shape index (κ3) is 7.85. The second kappa shape index (κ2) is 12.5. The zero-order valence-corrected chi connectivity index (χ0v) is 22.1. The Kier molecular flexibility index (Phi) is 10.7. The van der Waals surface area contributed by atoms with Crippen LogP contribution in [0.5, 0.6) is 0 Å². The molecule has 8 nitrogen and oxygen atoms in total. The highest BCUT2D eigenvalue weighted by atomic mass is 16.5. The molecule has 0 saturated carbocycles. The molecule has 1 heterocycles. The molecule has 1 aliphatic rings. The van der Waals surface area contributed by atoms with Crippen LogP contribution in [-0.4, -0.2) is 60.4 Å². The molecule has 0 aromatic carbocycles. The van der Waals surface area contributed by atoms with E-state index >= 15 is 0 Å². The van der Waals surface area contributed by atoms with Gasteiger partial charge in [-0.05, 0) is 46.1 Å². The van der Waals surface area contributed by atoms with Crippen molar-refractivity contribution in [3.8, 4) is 0 Å². The van der Waals surface area contributed by atoms with Gasteiger partial charge in [-0.15, -0.1) is 0 Å². The predicted octanol–water partition coefficient (Wildman–Crippen LogP) is 2.90. The molecular weight excluding hydrogens is 434 g/mol. The Morgan fingerprint density at radius 1 is 1.12 bits per heavy atom. The summed E-state index contributed by atoms with van der Waals surface area (Å²) < 4.78 is 5.78. The van der Waals surface area contributed by atoms with Gasteiger partial charge < -0.3 is 20.3 Å². The Hall–Kier alpha value is -2.90. The van der Waals surface area contributed by atoms with Crippen LogP contribution in [0.15, 0.2) is 34.9 Å². The number of esters is 1. The van der Waals surface area contributed by atoms with E-state index in [0.29, 0.717) is 5.57 Å². The first-order valence-corrected chi connectivity index (χ1v) is 11.7. The number of carbonyl (C=O) groups excluding carboxylic acids is 4. The molecule has 190 valence electrons. The summed E-state index contributed by atoms with van der Waals surface area (Å²) in [6, 6.07) is -1.63. The van der Waals surface area contributed by atoms with Crippen molar-refractivity contribution < 1.29 is 23.9 Å². The van der Waals surface area contributed by atoms with Crippen molar-refractivity contribution in [2.75, 3.05) is 13.6 Å². The molecule has 2 unspecified atom stereocenters. The average molecular weight is 476 g/mol. The number of allylic oxidation sites excluding steroid dienone is 3. The third-order valence-corrected chi connectivity index (χ3v) is 6.25. The summed E-state index contributed by atoms with van der Waals surface area (Å²) in [7, 11) is 1.52. The first kappa shape index (κ1) is 29.1. The maximum Gasteiger partial charge on any atom is 0.326 e. The molecule has 0 radical (unpaired) electrons. The van der Waals surface area contributed by atoms with E-state index in [1.54, 1.807) is 6.92 Å². The normalized spacial score (nSPS) is 26.4. The van der Waals surface area contributed by atoms with Gasteiger partial charge in [0.1, 0.15) is 24.7 Å². The van der Waals surface area contributed by atoms with Crippen LogP contribution in [0.2, 0.25) is 0 Å². The first-order valence-electron chi connectivity index (χ1n) is 11.7. The second-order valence-electron chi connectivity index (χ2n) is 9.75. The minimum absolute atomic E-state index is 0.0176. The number of carbonyl (C=O) groups is 4. The number of cyclic esters (lactones) is 1. The maximum absolute atomic E-state index is 12.9. The molecule has 1 fully saturated rings. The highest BCUT2D eigenvalue weighted by molar-refractivity contribution is 5.93. The second-order valence-corrected chi connectivity index (χ2v) is 9.75. The number of amides is 3. The summed E-state index contributed by atoms with van der Waals surface area (Å²) in [6.07, 6.45) is 1.27. The zero-order valence-electron chi connectivity index (χ0n) is 22.1. The maximum atomic E-state index is 12.9. The molecular formula is C26H41N3O5. The van der Waals surface area contributed by atoms with Gasteiger partial charge in [0.15, 0.2) is 0 Å². The Morgan fingerprint density at radius 3 is 2.24 bits per heavy atom. The summed E-state index contributed by atoms with van der Waals surface area (Å²) in [4.78, 5) is 52.5. The number of likely N-dealkylation sites (N-methyl/N-ethyl adjacent to an activating group) is 1. The highest BCUT2D eigenvalue weighted by Crippen LogP contribution is 2.26. The summed E-state index contributed by atoms with van der Waals surface area (Å²) in [6.45, 7) is 18.6. The minimum atomic E-state index is -0.824. The fourth-order valence-corrected chi connectivity index (χ4v) is 3.91. The van der Waals surface area contributed by atoms with Gasteiger partial charge in [0.25, 0.3) is 0 Å². The van der Waals surface area contributed by atoms with E-state index in [4.69, 9.17) is 4.74 Å². The van der Waals surface area contributed by atoms with Gasteiger partial charge in [0, 0.05) is 19.4 Å². The molecule has 0 spiro atoms. The van der Waals surface area contributed by atoms with Crippen LogP contribution in [0.1, 0.15) is 61.8 Å². The summed E-state index contributed by atoms with van der Waals surface area (Å²) >= 11 is 0. The van der Waals surface area contributed by atoms with Gasteiger partial charge >= 0.3 is 5.97 Å². The third-order valence-electron chi connectivity index (χ3n) is 6.25. The molecule has 1 saturated heterocycles. The summed E-state index contributed by atoms with van der Waals surface area (Å²) in [5.41, 5.74) is 3.55. The van der Waals surface area contributed by atoms with Crippen molar-refractivity contribution in [3.05, 3.63) is 34.9 Å². The predicted molar refractivity (Wildman–Crippen MR) is 133 cm³/mol. The van der Waals surface area contributed by atoms with E-state index in [1.165, 1.54) is 11.9 Å². The van der Waals surface area contributed by atoms with Crippen LogP contribution in [0.25, 0.3) is 0 Å². The van der Waals surface area contributed by atoms with Gasteiger partial charge in [-0.1, -0.05) is 50.1 Å². The molecule has 0 bridgehead atoms. The number of ether oxygens (including phenoxy) is 1. The number of hydrogen-bond donors (Lipinski definition) is 2. The smallest absolute Gasteiger partial charge is 0.326 e. The molecule has 3 amide bonds. The van der Waals surface area contributed by atoms with E-state index in [1.807, 2.05) is 54.5 Å². The number of nitrogens with zero attached hydrogens (tertiary/aromatic N) is 1. The lowest BCUT2D eigenvalue weighted by molar-refractivity contribution is -0.149. The minimum Gasteiger partial charge on any atom is -0.456 e. The van der Waals surface area contributed by atoms with E-state index in [-0.39, 0.29) is 30.7 Å². The molecule has 8 heteroatoms. The summed E-state index contributed by atoms with van der Waals surface area (Å²) in [5.74, 6) is -2.41. The topological polar surface area (TPSA) is 105 Å². The van der Waals surface area contributed by atoms with Crippen molar-refractivity contribution in [1.29, 1.82) is 0 Å². The average Bonchev–Trinajstić information content (AvgIpc) is 2.73. The van der Waals surface area contributed by atoms with Crippen LogP contribution in [0, 0.1) is 11.8 Å². The van der Waals surface area contributed by atoms with Crippen LogP contribution in [-0.2, 0) is 23.9 Å². The fourth-order valence-electron chi connectivity index (χ4n) is 3.91. The van der Waals surface area contributed by atoms with Crippen molar-refractivity contribution in [2.24, 2.45) is 11.8 Å². The van der Waals surface area contributed by atoms with Crippen LogP contribution in [0.4, 0.5) is 0 Å². The van der Waals surface area contributed by atoms with Gasteiger partial charge in [-0.3, -0.25) is 19.2 Å². The Morgan fingerprint density at radius 2 is 1.71 bits per heavy atom. The van der Waals surface area contributed by atoms with Crippen LogP contribution < -0.4 is 10.6 Å². The van der Waals surface area contributed by atoms with Crippen molar-refractivity contribution >= 4 is 23.7 Å². The van der Waals surface area contributed by atoms with Gasteiger partial charge in [0.2, 0.25) is 17.7 Å². The van der Waals surface area contributed by atoms with E-state index in [0.717, 1.165) is 16.7 Å². The largest absolute Gasteiger partial charge is 0.456 e. The van der Waals surface area contributed by atoms with Crippen LogP contribution in [0.3, 0.4) is 0 Å². The van der Waals surface area contributed by atoms with Crippen molar-refractivity contribution in [3.63, 3.8) is 0 Å². The fraction of sp³-hybridized carbons (Fsp3) is 0.615. The van der Waals surface area contributed by atoms with Crippen LogP contribution >= 0.6 is 0 Å². The Bertz CT molecular complexity index is 883. The van der Waals surface area contributed by atoms with E-state index in [9.17, 15) is 19.2 Å². The molecule has 34 heavy (non-hydrogen) atoms. The van der Waals surface area contributed by atoms with Gasteiger partial charge in [0.05, 0.1) is 0 Å². The lowest BCUT2D eigenvalue weighted by Crippen LogP contribution is -2.55. The summed E-state index contributed by atoms with van der Waals surface area (Å²) in [5, 5.41) is 5.31. The highest BCUT2D eigenvalue weighted by Gasteiger charge is 2.34. The molecule has 4 atom stereocenters.